The van der Waals surface area contributed by atoms with Crippen LogP contribution in [-0.4, -0.2) is 25.8 Å². The highest BCUT2D eigenvalue weighted by atomic mass is 16.5. The van der Waals surface area contributed by atoms with E-state index in [4.69, 9.17) is 4.74 Å². The molecule has 1 N–H and O–H groups in total. The van der Waals surface area contributed by atoms with Crippen molar-refractivity contribution in [2.24, 2.45) is 23.7 Å². The van der Waals surface area contributed by atoms with Crippen LogP contribution >= 0.6 is 0 Å². The summed E-state index contributed by atoms with van der Waals surface area (Å²) >= 11 is 0. The molecule has 2 aliphatic carbocycles. The summed E-state index contributed by atoms with van der Waals surface area (Å²) < 4.78 is 5.59. The standard InChI is InChI=1S/C15H27NO/c1-11(2)10-17-7-6-16-12(3)15-9-13-4-5-14(15)8-13/h4-5,11-16H,6-10H2,1-3H3. The molecule has 4 unspecified atom stereocenters. The molecular weight excluding hydrogens is 210 g/mol. The summed E-state index contributed by atoms with van der Waals surface area (Å²) in [7, 11) is 0. The molecule has 98 valence electrons. The number of hydrogen-bond acceptors (Lipinski definition) is 2. The van der Waals surface area contributed by atoms with Crippen molar-refractivity contribution in [3.05, 3.63) is 12.2 Å². The van der Waals surface area contributed by atoms with Crippen LogP contribution in [0.1, 0.15) is 33.6 Å². The lowest BCUT2D eigenvalue weighted by molar-refractivity contribution is 0.108. The average Bonchev–Trinajstić information content (AvgIpc) is 2.89. The molecule has 17 heavy (non-hydrogen) atoms. The molecule has 0 aromatic heterocycles. The van der Waals surface area contributed by atoms with Gasteiger partial charge in [0.1, 0.15) is 0 Å². The number of rotatable bonds is 7. The SMILES string of the molecule is CC(C)COCCNC(C)C1CC2C=CC1C2. The highest BCUT2D eigenvalue weighted by Gasteiger charge is 2.38. The van der Waals surface area contributed by atoms with Gasteiger partial charge in [-0.25, -0.2) is 0 Å². The summed E-state index contributed by atoms with van der Waals surface area (Å²) in [4.78, 5) is 0. The van der Waals surface area contributed by atoms with Crippen molar-refractivity contribution in [3.63, 3.8) is 0 Å². The van der Waals surface area contributed by atoms with E-state index in [0.717, 1.165) is 37.5 Å². The molecule has 2 heteroatoms. The van der Waals surface area contributed by atoms with E-state index in [2.05, 4.69) is 38.2 Å². The molecule has 2 nitrogen and oxygen atoms in total. The minimum atomic E-state index is 0.637. The Morgan fingerprint density at radius 1 is 1.24 bits per heavy atom. The van der Waals surface area contributed by atoms with Gasteiger partial charge in [0, 0.05) is 19.2 Å². The number of ether oxygens (including phenoxy) is 1. The molecule has 0 aromatic rings. The molecule has 0 radical (unpaired) electrons. The summed E-state index contributed by atoms with van der Waals surface area (Å²) in [6.07, 6.45) is 7.65. The van der Waals surface area contributed by atoms with E-state index in [-0.39, 0.29) is 0 Å². The summed E-state index contributed by atoms with van der Waals surface area (Å²) in [6.45, 7) is 9.44. The molecule has 0 aromatic carbocycles. The van der Waals surface area contributed by atoms with E-state index in [1.54, 1.807) is 0 Å². The lowest BCUT2D eigenvalue weighted by atomic mass is 9.87. The fraction of sp³-hybridized carbons (Fsp3) is 0.867. The largest absolute Gasteiger partial charge is 0.380 e. The highest BCUT2D eigenvalue weighted by Crippen LogP contribution is 2.44. The Morgan fingerprint density at radius 3 is 2.65 bits per heavy atom. The van der Waals surface area contributed by atoms with E-state index in [0.29, 0.717) is 12.0 Å². The molecular formula is C15H27NO. The van der Waals surface area contributed by atoms with Gasteiger partial charge in [0.05, 0.1) is 6.61 Å². The first-order valence-corrected chi connectivity index (χ1v) is 7.16. The number of hydrogen-bond donors (Lipinski definition) is 1. The van der Waals surface area contributed by atoms with Crippen molar-refractivity contribution in [1.29, 1.82) is 0 Å². The fourth-order valence-corrected chi connectivity index (χ4v) is 3.23. The van der Waals surface area contributed by atoms with Crippen LogP contribution in [0.25, 0.3) is 0 Å². The van der Waals surface area contributed by atoms with E-state index in [1.165, 1.54) is 12.8 Å². The molecule has 1 fully saturated rings. The van der Waals surface area contributed by atoms with Gasteiger partial charge < -0.3 is 10.1 Å². The Kier molecular flexibility index (Phi) is 4.63. The third-order valence-corrected chi connectivity index (χ3v) is 4.14. The zero-order valence-electron chi connectivity index (χ0n) is 11.5. The van der Waals surface area contributed by atoms with Crippen LogP contribution in [0.4, 0.5) is 0 Å². The average molecular weight is 237 g/mol. The second-order valence-electron chi connectivity index (χ2n) is 6.16. The van der Waals surface area contributed by atoms with Crippen LogP contribution in [0.15, 0.2) is 12.2 Å². The predicted octanol–water partition coefficient (Wildman–Crippen LogP) is 2.85. The minimum absolute atomic E-state index is 0.637. The summed E-state index contributed by atoms with van der Waals surface area (Å²) in [5.41, 5.74) is 0. The van der Waals surface area contributed by atoms with Gasteiger partial charge in [-0.3, -0.25) is 0 Å². The lowest BCUT2D eigenvalue weighted by Crippen LogP contribution is -2.37. The topological polar surface area (TPSA) is 21.3 Å². The second kappa shape index (κ2) is 6.01. The van der Waals surface area contributed by atoms with Gasteiger partial charge in [-0.05, 0) is 43.4 Å². The molecule has 1 saturated carbocycles. The first kappa shape index (κ1) is 13.1. The Bertz CT molecular complexity index is 262. The van der Waals surface area contributed by atoms with E-state index in [9.17, 15) is 0 Å². The molecule has 2 bridgehead atoms. The van der Waals surface area contributed by atoms with Crippen molar-refractivity contribution in [2.75, 3.05) is 19.8 Å². The van der Waals surface area contributed by atoms with Crippen molar-refractivity contribution in [1.82, 2.24) is 5.32 Å². The monoisotopic (exact) mass is 237 g/mol. The molecule has 0 amide bonds. The van der Waals surface area contributed by atoms with Gasteiger partial charge in [-0.15, -0.1) is 0 Å². The van der Waals surface area contributed by atoms with Gasteiger partial charge in [-0.2, -0.15) is 0 Å². The molecule has 2 aliphatic rings. The van der Waals surface area contributed by atoms with Crippen molar-refractivity contribution in [3.8, 4) is 0 Å². The zero-order chi connectivity index (χ0) is 12.3. The molecule has 0 spiro atoms. The van der Waals surface area contributed by atoms with Crippen LogP contribution in [0, 0.1) is 23.7 Å². The first-order chi connectivity index (χ1) is 8.16. The minimum Gasteiger partial charge on any atom is -0.380 e. The van der Waals surface area contributed by atoms with Crippen molar-refractivity contribution >= 4 is 0 Å². The maximum Gasteiger partial charge on any atom is 0.0591 e. The van der Waals surface area contributed by atoms with Gasteiger partial charge in [-0.1, -0.05) is 26.0 Å². The predicted molar refractivity (Wildman–Crippen MR) is 72.0 cm³/mol. The van der Waals surface area contributed by atoms with E-state index < -0.39 is 0 Å². The van der Waals surface area contributed by atoms with Crippen molar-refractivity contribution < 1.29 is 4.74 Å². The van der Waals surface area contributed by atoms with Gasteiger partial charge in [0.15, 0.2) is 0 Å². The second-order valence-corrected chi connectivity index (χ2v) is 6.16. The molecule has 0 heterocycles. The highest BCUT2D eigenvalue weighted by molar-refractivity contribution is 5.11. The third-order valence-electron chi connectivity index (χ3n) is 4.14. The fourth-order valence-electron chi connectivity index (χ4n) is 3.23. The van der Waals surface area contributed by atoms with Gasteiger partial charge in [0.2, 0.25) is 0 Å². The first-order valence-electron chi connectivity index (χ1n) is 7.16. The number of fused-ring (bicyclic) bond motifs is 2. The number of allylic oxidation sites excluding steroid dienone is 2. The Morgan fingerprint density at radius 2 is 2.06 bits per heavy atom. The lowest BCUT2D eigenvalue weighted by Gasteiger charge is -2.26. The zero-order valence-corrected chi connectivity index (χ0v) is 11.5. The van der Waals surface area contributed by atoms with Gasteiger partial charge in [0.25, 0.3) is 0 Å². The molecule has 2 rings (SSSR count). The van der Waals surface area contributed by atoms with Crippen LogP contribution in [0.2, 0.25) is 0 Å². The van der Waals surface area contributed by atoms with E-state index in [1.807, 2.05) is 0 Å². The maximum absolute atomic E-state index is 5.59. The Balaban J connectivity index is 1.58. The Hall–Kier alpha value is -0.340. The molecule has 4 atom stereocenters. The Labute approximate surface area is 106 Å². The van der Waals surface area contributed by atoms with Crippen LogP contribution in [0.3, 0.4) is 0 Å². The maximum atomic E-state index is 5.59. The van der Waals surface area contributed by atoms with Gasteiger partial charge >= 0.3 is 0 Å². The van der Waals surface area contributed by atoms with Crippen LogP contribution in [-0.2, 0) is 4.74 Å². The molecule has 0 aliphatic heterocycles. The summed E-state index contributed by atoms with van der Waals surface area (Å²) in [5.74, 6) is 3.23. The number of nitrogens with one attached hydrogen (secondary N) is 1. The van der Waals surface area contributed by atoms with E-state index >= 15 is 0 Å². The summed E-state index contributed by atoms with van der Waals surface area (Å²) in [5, 5.41) is 3.62. The normalized spacial score (nSPS) is 32.6. The third kappa shape index (κ3) is 3.56. The van der Waals surface area contributed by atoms with Crippen LogP contribution < -0.4 is 5.32 Å². The molecule has 0 saturated heterocycles. The smallest absolute Gasteiger partial charge is 0.0591 e. The quantitative estimate of drug-likeness (QED) is 0.543. The summed E-state index contributed by atoms with van der Waals surface area (Å²) in [6, 6.07) is 0.637. The van der Waals surface area contributed by atoms with Crippen LogP contribution in [0.5, 0.6) is 0 Å². The van der Waals surface area contributed by atoms with Crippen molar-refractivity contribution in [2.45, 2.75) is 39.7 Å².